The Balaban J connectivity index is 0.00000420. The fraction of sp³-hybridized carbons (Fsp3) is 0.600. The van der Waals surface area contributed by atoms with Crippen molar-refractivity contribution in [2.75, 3.05) is 26.2 Å². The summed E-state index contributed by atoms with van der Waals surface area (Å²) in [5, 5.41) is 16.3. The number of benzene rings is 1. The van der Waals surface area contributed by atoms with Crippen LogP contribution in [0.1, 0.15) is 45.8 Å². The van der Waals surface area contributed by atoms with Crippen LogP contribution in [-0.2, 0) is 4.74 Å². The van der Waals surface area contributed by atoms with Crippen LogP contribution in [0.25, 0.3) is 0 Å². The summed E-state index contributed by atoms with van der Waals surface area (Å²) in [7, 11) is 0. The number of halogens is 2. The topological polar surface area (TPSA) is 86.2 Å². The summed E-state index contributed by atoms with van der Waals surface area (Å²) in [5.74, 6) is 0.185. The molecule has 3 N–H and O–H groups in total. The molecule has 1 heterocycles. The van der Waals surface area contributed by atoms with Gasteiger partial charge in [0.25, 0.3) is 0 Å². The van der Waals surface area contributed by atoms with Crippen LogP contribution >= 0.6 is 24.0 Å². The van der Waals surface area contributed by atoms with E-state index in [1.165, 1.54) is 6.07 Å². The number of aliphatic hydroxyl groups excluding tert-OH is 1. The predicted octanol–water partition coefficient (Wildman–Crippen LogP) is 3.04. The van der Waals surface area contributed by atoms with Gasteiger partial charge >= 0.3 is 6.09 Å². The van der Waals surface area contributed by atoms with Gasteiger partial charge in [-0.25, -0.2) is 9.18 Å². The van der Waals surface area contributed by atoms with E-state index >= 15 is 0 Å². The number of aliphatic hydroxyl groups is 1. The maximum absolute atomic E-state index is 13.8. The van der Waals surface area contributed by atoms with Crippen LogP contribution in [0.15, 0.2) is 29.3 Å². The third kappa shape index (κ3) is 8.33. The van der Waals surface area contributed by atoms with Crippen molar-refractivity contribution in [3.63, 3.8) is 0 Å². The summed E-state index contributed by atoms with van der Waals surface area (Å²) in [6.45, 7) is 9.43. The number of ether oxygens (including phenoxy) is 1. The predicted molar refractivity (Wildman–Crippen MR) is 122 cm³/mol. The molecule has 2 rings (SSSR count). The van der Waals surface area contributed by atoms with E-state index in [-0.39, 0.29) is 42.1 Å². The summed E-state index contributed by atoms with van der Waals surface area (Å²) in [6.07, 6.45) is -0.691. The lowest BCUT2D eigenvalue weighted by Crippen LogP contribution is -2.44. The second-order valence-corrected chi connectivity index (χ2v) is 7.81. The van der Waals surface area contributed by atoms with Crippen LogP contribution in [0.4, 0.5) is 9.18 Å². The van der Waals surface area contributed by atoms with Crippen molar-refractivity contribution in [2.24, 2.45) is 4.99 Å². The molecule has 164 valence electrons. The minimum atomic E-state index is -1.02. The Morgan fingerprint density at radius 2 is 2.10 bits per heavy atom. The van der Waals surface area contributed by atoms with E-state index < -0.39 is 23.6 Å². The smallest absolute Gasteiger partial charge is 0.407 e. The number of hydrogen-bond acceptors (Lipinski definition) is 4. The molecule has 0 bridgehead atoms. The molecule has 9 heteroatoms. The normalized spacial score (nSPS) is 18.1. The molecule has 1 aromatic carbocycles. The van der Waals surface area contributed by atoms with Gasteiger partial charge in [-0.2, -0.15) is 0 Å². The van der Waals surface area contributed by atoms with Gasteiger partial charge in [-0.3, -0.25) is 4.99 Å². The zero-order chi connectivity index (χ0) is 20.7. The first-order valence-electron chi connectivity index (χ1n) is 9.65. The molecule has 1 fully saturated rings. The van der Waals surface area contributed by atoms with Crippen molar-refractivity contribution in [1.82, 2.24) is 15.5 Å². The summed E-state index contributed by atoms with van der Waals surface area (Å²) >= 11 is 0. The first-order chi connectivity index (χ1) is 13.2. The van der Waals surface area contributed by atoms with E-state index in [2.05, 4.69) is 15.6 Å². The van der Waals surface area contributed by atoms with Gasteiger partial charge in [0.1, 0.15) is 17.5 Å². The molecule has 0 aromatic heterocycles. The Labute approximate surface area is 189 Å². The second kappa shape index (κ2) is 11.5. The van der Waals surface area contributed by atoms with E-state index in [0.29, 0.717) is 25.6 Å². The molecule has 29 heavy (non-hydrogen) atoms. The van der Waals surface area contributed by atoms with Gasteiger partial charge < -0.3 is 25.4 Å². The number of alkyl carbamates (subject to hydrolysis) is 1. The highest BCUT2D eigenvalue weighted by Crippen LogP contribution is 2.17. The maximum Gasteiger partial charge on any atom is 0.407 e. The number of nitrogens with zero attached hydrogens (tertiary/aromatic N) is 2. The molecule has 7 nitrogen and oxygen atoms in total. The van der Waals surface area contributed by atoms with E-state index in [0.717, 1.165) is 6.42 Å². The third-order valence-electron chi connectivity index (χ3n) is 4.22. The monoisotopic (exact) mass is 522 g/mol. The Bertz CT molecular complexity index is 697. The number of aliphatic imine (C=N–C) groups is 1. The standard InChI is InChI=1S/C20H31FN4O3.HI/c1-5-22-18(23-12-17(26)15-8-6-7-9-16(15)21)25-11-10-14(13-25)24-19(27)28-20(2,3)4;/h6-9,14,17,26H,5,10-13H2,1-4H3,(H,22,23)(H,24,27);1H. The summed E-state index contributed by atoms with van der Waals surface area (Å²) in [6, 6.07) is 6.10. The van der Waals surface area contributed by atoms with Gasteiger partial charge in [0, 0.05) is 25.2 Å². The summed E-state index contributed by atoms with van der Waals surface area (Å²) in [4.78, 5) is 18.4. The average Bonchev–Trinajstić information content (AvgIpc) is 3.05. The molecule has 1 aromatic rings. The zero-order valence-corrected chi connectivity index (χ0v) is 19.8. The van der Waals surface area contributed by atoms with E-state index in [4.69, 9.17) is 4.74 Å². The molecule has 1 aliphatic heterocycles. The van der Waals surface area contributed by atoms with Gasteiger partial charge in [-0.15, -0.1) is 24.0 Å². The Morgan fingerprint density at radius 1 is 1.41 bits per heavy atom. The van der Waals surface area contributed by atoms with Crippen molar-refractivity contribution in [1.29, 1.82) is 0 Å². The molecular formula is C20H32FIN4O3. The number of carbonyl (C=O) groups is 1. The lowest BCUT2D eigenvalue weighted by Gasteiger charge is -2.23. The molecule has 2 atom stereocenters. The Hall–Kier alpha value is -1.62. The van der Waals surface area contributed by atoms with Gasteiger partial charge in [-0.05, 0) is 40.2 Å². The number of nitrogens with one attached hydrogen (secondary N) is 2. The highest BCUT2D eigenvalue weighted by Gasteiger charge is 2.28. The number of carbonyl (C=O) groups excluding carboxylic acids is 1. The van der Waals surface area contributed by atoms with Crippen molar-refractivity contribution in [2.45, 2.75) is 51.9 Å². The first kappa shape index (κ1) is 25.4. The third-order valence-corrected chi connectivity index (χ3v) is 4.22. The van der Waals surface area contributed by atoms with Crippen LogP contribution in [-0.4, -0.2) is 59.9 Å². The van der Waals surface area contributed by atoms with Crippen LogP contribution in [0.3, 0.4) is 0 Å². The van der Waals surface area contributed by atoms with Crippen LogP contribution in [0, 0.1) is 5.82 Å². The second-order valence-electron chi connectivity index (χ2n) is 7.81. The fourth-order valence-corrected chi connectivity index (χ4v) is 2.99. The minimum Gasteiger partial charge on any atom is -0.444 e. The maximum atomic E-state index is 13.8. The lowest BCUT2D eigenvalue weighted by molar-refractivity contribution is 0.0507. The van der Waals surface area contributed by atoms with Gasteiger partial charge in [0.05, 0.1) is 12.6 Å². The molecule has 0 radical (unpaired) electrons. The SMILES string of the molecule is CCNC(=NCC(O)c1ccccc1F)N1CCC(NC(=O)OC(C)(C)C)C1.I. The minimum absolute atomic E-state index is 0. The van der Waals surface area contributed by atoms with Crippen LogP contribution < -0.4 is 10.6 Å². The molecular weight excluding hydrogens is 490 g/mol. The first-order valence-corrected chi connectivity index (χ1v) is 9.65. The number of hydrogen-bond donors (Lipinski definition) is 3. The quantitative estimate of drug-likeness (QED) is 0.315. The number of likely N-dealkylation sites (tertiary alicyclic amines) is 1. The van der Waals surface area contributed by atoms with Crippen molar-refractivity contribution >= 4 is 36.0 Å². The summed E-state index contributed by atoms with van der Waals surface area (Å²) < 4.78 is 19.1. The molecule has 1 aliphatic rings. The van der Waals surface area contributed by atoms with Gasteiger partial charge in [0.15, 0.2) is 5.96 Å². The highest BCUT2D eigenvalue weighted by molar-refractivity contribution is 14.0. The summed E-state index contributed by atoms with van der Waals surface area (Å²) in [5.41, 5.74) is -0.310. The van der Waals surface area contributed by atoms with Crippen LogP contribution in [0.5, 0.6) is 0 Å². The number of guanidine groups is 1. The highest BCUT2D eigenvalue weighted by atomic mass is 127. The molecule has 0 saturated carbocycles. The Morgan fingerprint density at radius 3 is 2.72 bits per heavy atom. The lowest BCUT2D eigenvalue weighted by atomic mass is 10.1. The van der Waals surface area contributed by atoms with Crippen LogP contribution in [0.2, 0.25) is 0 Å². The molecule has 0 aliphatic carbocycles. The van der Waals surface area contributed by atoms with E-state index in [1.54, 1.807) is 18.2 Å². The largest absolute Gasteiger partial charge is 0.444 e. The number of amides is 1. The van der Waals surface area contributed by atoms with Crippen molar-refractivity contribution in [3.8, 4) is 0 Å². The van der Waals surface area contributed by atoms with E-state index in [1.807, 2.05) is 32.6 Å². The van der Waals surface area contributed by atoms with Crippen molar-refractivity contribution in [3.05, 3.63) is 35.6 Å². The molecule has 0 spiro atoms. The van der Waals surface area contributed by atoms with Crippen molar-refractivity contribution < 1.29 is 19.0 Å². The Kier molecular flexibility index (Phi) is 10.1. The number of rotatable bonds is 5. The average molecular weight is 522 g/mol. The molecule has 2 unspecified atom stereocenters. The molecule has 1 saturated heterocycles. The zero-order valence-electron chi connectivity index (χ0n) is 17.4. The van der Waals surface area contributed by atoms with E-state index in [9.17, 15) is 14.3 Å². The fourth-order valence-electron chi connectivity index (χ4n) is 2.99. The van der Waals surface area contributed by atoms with Gasteiger partial charge in [-0.1, -0.05) is 18.2 Å². The molecule has 1 amide bonds. The van der Waals surface area contributed by atoms with Gasteiger partial charge in [0.2, 0.25) is 0 Å².